The first kappa shape index (κ1) is 13.7. The Balaban J connectivity index is 1.90. The van der Waals surface area contributed by atoms with Crippen LogP contribution in [0.1, 0.15) is 18.5 Å². The summed E-state index contributed by atoms with van der Waals surface area (Å²) in [6, 6.07) is 0. The van der Waals surface area contributed by atoms with E-state index in [9.17, 15) is 5.11 Å². The number of rotatable bonds is 5. The van der Waals surface area contributed by atoms with Crippen LogP contribution in [0.5, 0.6) is 0 Å². The van der Waals surface area contributed by atoms with Crippen LogP contribution < -0.4 is 5.32 Å². The Kier molecular flexibility index (Phi) is 4.50. The third-order valence-corrected chi connectivity index (χ3v) is 3.98. The molecule has 6 nitrogen and oxygen atoms in total. The van der Waals surface area contributed by atoms with Crippen molar-refractivity contribution in [1.82, 2.24) is 14.5 Å². The van der Waals surface area contributed by atoms with E-state index in [4.69, 9.17) is 4.74 Å². The van der Waals surface area contributed by atoms with Gasteiger partial charge in [0.2, 0.25) is 0 Å². The third kappa shape index (κ3) is 3.38. The molecule has 0 radical (unpaired) electrons. The standard InChI is InChI=1S/C11H20N4O2S/c1-12-10-9(13-14-18-10)7-15(2)8-11(16)3-5-17-6-4-11/h12,16H,3-8H2,1-2H3. The third-order valence-electron chi connectivity index (χ3n) is 3.19. The molecule has 2 rings (SSSR count). The Hall–Kier alpha value is -0.760. The molecule has 0 amide bonds. The number of hydrogen-bond donors (Lipinski definition) is 2. The maximum atomic E-state index is 10.4. The van der Waals surface area contributed by atoms with Gasteiger partial charge in [0.1, 0.15) is 10.7 Å². The smallest absolute Gasteiger partial charge is 0.134 e. The highest BCUT2D eigenvalue weighted by Crippen LogP contribution is 2.23. The van der Waals surface area contributed by atoms with Crippen LogP contribution in [-0.2, 0) is 11.3 Å². The first-order chi connectivity index (χ1) is 8.63. The molecule has 1 aromatic heterocycles. The number of aliphatic hydroxyl groups is 1. The second-order valence-electron chi connectivity index (χ2n) is 4.81. The van der Waals surface area contributed by atoms with E-state index in [1.54, 1.807) is 0 Å². The summed E-state index contributed by atoms with van der Waals surface area (Å²) in [5.41, 5.74) is 0.302. The molecule has 1 aromatic rings. The quantitative estimate of drug-likeness (QED) is 0.816. The lowest BCUT2D eigenvalue weighted by atomic mass is 9.94. The maximum Gasteiger partial charge on any atom is 0.134 e. The molecular formula is C11H20N4O2S. The van der Waals surface area contributed by atoms with E-state index in [1.165, 1.54) is 11.5 Å². The van der Waals surface area contributed by atoms with Crippen LogP contribution >= 0.6 is 11.5 Å². The van der Waals surface area contributed by atoms with Crippen LogP contribution in [0.15, 0.2) is 0 Å². The van der Waals surface area contributed by atoms with Crippen LogP contribution in [0.2, 0.25) is 0 Å². The summed E-state index contributed by atoms with van der Waals surface area (Å²) < 4.78 is 9.21. The molecule has 1 aliphatic heterocycles. The fraction of sp³-hybridized carbons (Fsp3) is 0.818. The minimum absolute atomic E-state index is 0.629. The number of likely N-dealkylation sites (N-methyl/N-ethyl adjacent to an activating group) is 1. The van der Waals surface area contributed by atoms with Crippen LogP contribution in [-0.4, -0.2) is 59.0 Å². The van der Waals surface area contributed by atoms with E-state index in [0.29, 0.717) is 39.1 Å². The van der Waals surface area contributed by atoms with Gasteiger partial charge in [-0.05, 0) is 7.05 Å². The summed E-state index contributed by atoms with van der Waals surface area (Å²) in [6.07, 6.45) is 1.40. The largest absolute Gasteiger partial charge is 0.388 e. The van der Waals surface area contributed by atoms with Crippen molar-refractivity contribution in [1.29, 1.82) is 0 Å². The van der Waals surface area contributed by atoms with E-state index < -0.39 is 5.60 Å². The van der Waals surface area contributed by atoms with E-state index >= 15 is 0 Å². The lowest BCUT2D eigenvalue weighted by Gasteiger charge is -2.35. The number of anilines is 1. The fourth-order valence-electron chi connectivity index (χ4n) is 2.23. The average Bonchev–Trinajstić information content (AvgIpc) is 2.76. The summed E-state index contributed by atoms with van der Waals surface area (Å²) in [7, 11) is 3.86. The minimum Gasteiger partial charge on any atom is -0.388 e. The first-order valence-electron chi connectivity index (χ1n) is 6.11. The Bertz CT molecular complexity index is 379. The van der Waals surface area contributed by atoms with Crippen molar-refractivity contribution < 1.29 is 9.84 Å². The molecule has 18 heavy (non-hydrogen) atoms. The van der Waals surface area contributed by atoms with Gasteiger partial charge in [-0.2, -0.15) is 0 Å². The summed E-state index contributed by atoms with van der Waals surface area (Å²) in [5, 5.41) is 18.6. The van der Waals surface area contributed by atoms with Crippen LogP contribution in [0.4, 0.5) is 5.00 Å². The molecular weight excluding hydrogens is 252 g/mol. The van der Waals surface area contributed by atoms with Gasteiger partial charge in [0, 0.05) is 57.7 Å². The number of hydrogen-bond acceptors (Lipinski definition) is 7. The molecule has 2 N–H and O–H groups in total. The SMILES string of the molecule is CNc1snnc1CN(C)CC1(O)CCOCC1. The average molecular weight is 272 g/mol. The van der Waals surface area contributed by atoms with Crippen molar-refractivity contribution in [3.63, 3.8) is 0 Å². The summed E-state index contributed by atoms with van der Waals surface area (Å²) >= 11 is 1.36. The highest BCUT2D eigenvalue weighted by Gasteiger charge is 2.31. The number of ether oxygens (including phenoxy) is 1. The predicted octanol–water partition coefficient (Wildman–Crippen LogP) is 0.553. The van der Waals surface area contributed by atoms with Gasteiger partial charge in [-0.1, -0.05) is 4.49 Å². The molecule has 7 heteroatoms. The number of nitrogens with zero attached hydrogens (tertiary/aromatic N) is 3. The van der Waals surface area contributed by atoms with Gasteiger partial charge in [-0.25, -0.2) is 0 Å². The van der Waals surface area contributed by atoms with Gasteiger partial charge in [0.05, 0.1) is 5.60 Å². The molecule has 1 aliphatic rings. The molecule has 0 aromatic carbocycles. The Morgan fingerprint density at radius 2 is 2.22 bits per heavy atom. The second-order valence-corrected chi connectivity index (χ2v) is 5.56. The molecule has 1 saturated heterocycles. The van der Waals surface area contributed by atoms with Gasteiger partial charge in [0.25, 0.3) is 0 Å². The van der Waals surface area contributed by atoms with Gasteiger partial charge in [0.15, 0.2) is 0 Å². The molecule has 0 aliphatic carbocycles. The molecule has 0 bridgehead atoms. The van der Waals surface area contributed by atoms with Gasteiger partial charge in [-0.15, -0.1) is 5.10 Å². The van der Waals surface area contributed by atoms with Crippen molar-refractivity contribution in [2.45, 2.75) is 25.0 Å². The lowest BCUT2D eigenvalue weighted by molar-refractivity contribution is -0.0778. The molecule has 2 heterocycles. The molecule has 0 spiro atoms. The predicted molar refractivity (Wildman–Crippen MR) is 70.8 cm³/mol. The molecule has 1 fully saturated rings. The fourth-order valence-corrected chi connectivity index (χ4v) is 2.75. The van der Waals surface area contributed by atoms with Crippen molar-refractivity contribution in [3.05, 3.63) is 5.69 Å². The van der Waals surface area contributed by atoms with Crippen LogP contribution in [0.3, 0.4) is 0 Å². The molecule has 102 valence electrons. The topological polar surface area (TPSA) is 70.5 Å². The summed E-state index contributed by atoms with van der Waals surface area (Å²) in [4.78, 5) is 2.09. The van der Waals surface area contributed by atoms with Crippen LogP contribution in [0, 0.1) is 0 Å². The van der Waals surface area contributed by atoms with Crippen LogP contribution in [0.25, 0.3) is 0 Å². The normalized spacial score (nSPS) is 19.1. The van der Waals surface area contributed by atoms with Gasteiger partial charge in [-0.3, -0.25) is 4.90 Å². The number of aromatic nitrogens is 2. The van der Waals surface area contributed by atoms with Gasteiger partial charge < -0.3 is 15.2 Å². The Labute approximate surface area is 111 Å². The highest BCUT2D eigenvalue weighted by molar-refractivity contribution is 7.10. The summed E-state index contributed by atoms with van der Waals surface area (Å²) in [5.74, 6) is 0. The first-order valence-corrected chi connectivity index (χ1v) is 6.88. The highest BCUT2D eigenvalue weighted by atomic mass is 32.1. The minimum atomic E-state index is -0.629. The monoisotopic (exact) mass is 272 g/mol. The Morgan fingerprint density at radius 1 is 1.50 bits per heavy atom. The van der Waals surface area contributed by atoms with E-state index in [0.717, 1.165) is 10.7 Å². The number of nitrogens with one attached hydrogen (secondary N) is 1. The van der Waals surface area contributed by atoms with Crippen molar-refractivity contribution >= 4 is 16.5 Å². The zero-order valence-corrected chi connectivity index (χ0v) is 11.7. The van der Waals surface area contributed by atoms with Crippen molar-refractivity contribution in [2.24, 2.45) is 0 Å². The Morgan fingerprint density at radius 3 is 2.89 bits per heavy atom. The van der Waals surface area contributed by atoms with E-state index in [2.05, 4.69) is 19.8 Å². The van der Waals surface area contributed by atoms with E-state index in [-0.39, 0.29) is 0 Å². The zero-order valence-electron chi connectivity index (χ0n) is 10.8. The molecule has 0 atom stereocenters. The van der Waals surface area contributed by atoms with E-state index in [1.807, 2.05) is 14.1 Å². The molecule has 0 saturated carbocycles. The van der Waals surface area contributed by atoms with Crippen molar-refractivity contribution in [2.75, 3.05) is 39.2 Å². The summed E-state index contributed by atoms with van der Waals surface area (Å²) in [6.45, 7) is 2.61. The van der Waals surface area contributed by atoms with Crippen molar-refractivity contribution in [3.8, 4) is 0 Å². The lowest BCUT2D eigenvalue weighted by Crippen LogP contribution is -2.45. The second kappa shape index (κ2) is 5.92. The zero-order chi connectivity index (χ0) is 13.0. The molecule has 0 unspecified atom stereocenters. The maximum absolute atomic E-state index is 10.4. The van der Waals surface area contributed by atoms with Gasteiger partial charge >= 0.3 is 0 Å².